The van der Waals surface area contributed by atoms with Crippen molar-refractivity contribution < 1.29 is 4.79 Å². The van der Waals surface area contributed by atoms with E-state index < -0.39 is 0 Å². The van der Waals surface area contributed by atoms with E-state index in [0.717, 1.165) is 22.9 Å². The number of H-pyrrole nitrogens is 1. The van der Waals surface area contributed by atoms with E-state index in [1.165, 1.54) is 5.56 Å². The number of Topliss-reactive ketones (excluding diaryl/α,β-unsaturated/α-hetero) is 1. The molecular formula is C20H16N2O. The van der Waals surface area contributed by atoms with Crippen molar-refractivity contribution in [2.75, 3.05) is 0 Å². The highest BCUT2D eigenvalue weighted by Gasteiger charge is 2.16. The van der Waals surface area contributed by atoms with E-state index in [-0.39, 0.29) is 11.4 Å². The smallest absolute Gasteiger partial charge is 0.205 e. The van der Waals surface area contributed by atoms with Crippen LogP contribution in [0.1, 0.15) is 28.4 Å². The molecule has 0 aliphatic heterocycles. The largest absolute Gasteiger partial charge is 0.360 e. The number of carbonyl (C=O) groups is 1. The highest BCUT2D eigenvalue weighted by molar-refractivity contribution is 6.19. The summed E-state index contributed by atoms with van der Waals surface area (Å²) in [5.41, 5.74) is 3.63. The first kappa shape index (κ1) is 14.8. The molecule has 0 spiro atoms. The summed E-state index contributed by atoms with van der Waals surface area (Å²) in [6.45, 7) is 2.09. The van der Waals surface area contributed by atoms with Gasteiger partial charge in [0.2, 0.25) is 5.78 Å². The Balaban J connectivity index is 1.98. The number of hydrogen-bond donors (Lipinski definition) is 1. The van der Waals surface area contributed by atoms with Gasteiger partial charge in [-0.3, -0.25) is 4.79 Å². The van der Waals surface area contributed by atoms with Crippen molar-refractivity contribution >= 4 is 22.8 Å². The average Bonchev–Trinajstić information content (AvgIpc) is 3.03. The maximum Gasteiger partial charge on any atom is 0.205 e. The number of ketones is 1. The lowest BCUT2D eigenvalue weighted by atomic mass is 10.0. The van der Waals surface area contributed by atoms with Crippen molar-refractivity contribution in [3.05, 3.63) is 77.0 Å². The molecule has 112 valence electrons. The van der Waals surface area contributed by atoms with Gasteiger partial charge in [-0.05, 0) is 29.7 Å². The van der Waals surface area contributed by atoms with Gasteiger partial charge >= 0.3 is 0 Å². The maximum atomic E-state index is 12.7. The van der Waals surface area contributed by atoms with Gasteiger partial charge < -0.3 is 4.98 Å². The van der Waals surface area contributed by atoms with Crippen molar-refractivity contribution in [1.82, 2.24) is 4.98 Å². The molecule has 0 aliphatic rings. The van der Waals surface area contributed by atoms with Crippen LogP contribution in [0.25, 0.3) is 17.0 Å². The van der Waals surface area contributed by atoms with Gasteiger partial charge in [-0.25, -0.2) is 0 Å². The highest BCUT2D eigenvalue weighted by Crippen LogP contribution is 2.21. The van der Waals surface area contributed by atoms with Crippen LogP contribution in [-0.4, -0.2) is 10.8 Å². The fraction of sp³-hybridized carbons (Fsp3) is 0.100. The van der Waals surface area contributed by atoms with E-state index in [0.29, 0.717) is 5.56 Å². The lowest BCUT2D eigenvalue weighted by molar-refractivity contribution is 0.104. The van der Waals surface area contributed by atoms with Gasteiger partial charge in [0.05, 0.1) is 0 Å². The van der Waals surface area contributed by atoms with Crippen LogP contribution in [-0.2, 0) is 6.42 Å². The predicted molar refractivity (Wildman–Crippen MR) is 92.0 cm³/mol. The van der Waals surface area contributed by atoms with Crippen molar-refractivity contribution in [2.24, 2.45) is 0 Å². The molecule has 1 N–H and O–H groups in total. The highest BCUT2D eigenvalue weighted by atomic mass is 16.1. The van der Waals surface area contributed by atoms with Gasteiger partial charge in [-0.1, -0.05) is 49.4 Å². The second-order valence-corrected chi connectivity index (χ2v) is 5.34. The van der Waals surface area contributed by atoms with E-state index >= 15 is 0 Å². The van der Waals surface area contributed by atoms with Crippen LogP contribution in [0.4, 0.5) is 0 Å². The number of nitrogens with zero attached hydrogens (tertiary/aromatic N) is 1. The number of nitrogens with one attached hydrogen (secondary N) is 1. The van der Waals surface area contributed by atoms with Crippen molar-refractivity contribution in [3.63, 3.8) is 0 Å². The molecule has 0 saturated carbocycles. The van der Waals surface area contributed by atoms with E-state index in [9.17, 15) is 10.1 Å². The van der Waals surface area contributed by atoms with E-state index in [1.807, 2.05) is 54.6 Å². The molecule has 3 rings (SSSR count). The Hall–Kier alpha value is -3.12. The molecule has 0 unspecified atom stereocenters. The number of fused-ring (bicyclic) bond motifs is 1. The summed E-state index contributed by atoms with van der Waals surface area (Å²) < 4.78 is 0. The predicted octanol–water partition coefficient (Wildman–Crippen LogP) is 4.52. The molecule has 0 aliphatic carbocycles. The quantitative estimate of drug-likeness (QED) is 0.437. The molecule has 0 bridgehead atoms. The number of benzene rings is 2. The van der Waals surface area contributed by atoms with Crippen LogP contribution in [0.15, 0.2) is 60.3 Å². The van der Waals surface area contributed by atoms with Gasteiger partial charge in [0.15, 0.2) is 0 Å². The number of aryl methyl sites for hydroxylation is 1. The Bertz CT molecular complexity index is 924. The lowest BCUT2D eigenvalue weighted by Gasteiger charge is -2.00. The summed E-state index contributed by atoms with van der Waals surface area (Å²) in [6, 6.07) is 17.5. The molecule has 1 aromatic heterocycles. The zero-order valence-corrected chi connectivity index (χ0v) is 12.8. The minimum absolute atomic E-state index is 0.138. The number of nitriles is 1. The number of rotatable bonds is 4. The summed E-state index contributed by atoms with van der Waals surface area (Å²) in [7, 11) is 0. The molecule has 0 atom stereocenters. The SMILES string of the molecule is CCc1ccc(/C=C(\C#N)C(=O)c2c[nH]c3ccccc23)cc1. The Morgan fingerprint density at radius 2 is 1.91 bits per heavy atom. The number of aromatic amines is 1. The number of allylic oxidation sites excluding steroid dienone is 1. The third kappa shape index (κ3) is 2.93. The average molecular weight is 300 g/mol. The van der Waals surface area contributed by atoms with Crippen molar-refractivity contribution in [1.29, 1.82) is 5.26 Å². The summed E-state index contributed by atoms with van der Waals surface area (Å²) in [5, 5.41) is 10.2. The minimum Gasteiger partial charge on any atom is -0.360 e. The number of hydrogen-bond acceptors (Lipinski definition) is 2. The zero-order valence-electron chi connectivity index (χ0n) is 12.8. The van der Waals surface area contributed by atoms with Crippen LogP contribution < -0.4 is 0 Å². The fourth-order valence-corrected chi connectivity index (χ4v) is 2.57. The Labute approximate surface area is 134 Å². The first-order valence-corrected chi connectivity index (χ1v) is 7.54. The lowest BCUT2D eigenvalue weighted by Crippen LogP contribution is -2.01. The molecule has 0 fully saturated rings. The van der Waals surface area contributed by atoms with Crippen LogP contribution in [0, 0.1) is 11.3 Å². The molecule has 3 nitrogen and oxygen atoms in total. The van der Waals surface area contributed by atoms with Gasteiger partial charge in [-0.2, -0.15) is 5.26 Å². The molecule has 0 saturated heterocycles. The summed E-state index contributed by atoms with van der Waals surface area (Å²) in [4.78, 5) is 15.7. The second-order valence-electron chi connectivity index (χ2n) is 5.34. The Morgan fingerprint density at radius 3 is 2.61 bits per heavy atom. The summed E-state index contributed by atoms with van der Waals surface area (Å²) in [6.07, 6.45) is 4.27. The molecular weight excluding hydrogens is 284 g/mol. The standard InChI is InChI=1S/C20H16N2O/c1-2-14-7-9-15(10-8-14)11-16(12-21)20(23)18-13-22-19-6-4-3-5-17(18)19/h3-11,13,22H,2H2,1H3/b16-11+. The first-order valence-electron chi connectivity index (χ1n) is 7.54. The first-order chi connectivity index (χ1) is 11.2. The Morgan fingerprint density at radius 1 is 1.17 bits per heavy atom. The van der Waals surface area contributed by atoms with Crippen LogP contribution in [0.2, 0.25) is 0 Å². The van der Waals surface area contributed by atoms with Crippen molar-refractivity contribution in [2.45, 2.75) is 13.3 Å². The molecule has 23 heavy (non-hydrogen) atoms. The zero-order chi connectivity index (χ0) is 16.2. The monoisotopic (exact) mass is 300 g/mol. The van der Waals surface area contributed by atoms with Crippen LogP contribution in [0.5, 0.6) is 0 Å². The maximum absolute atomic E-state index is 12.7. The topological polar surface area (TPSA) is 56.6 Å². The second kappa shape index (κ2) is 6.33. The van der Waals surface area contributed by atoms with Gasteiger partial charge in [0.1, 0.15) is 11.6 Å². The van der Waals surface area contributed by atoms with Gasteiger partial charge in [-0.15, -0.1) is 0 Å². The van der Waals surface area contributed by atoms with E-state index in [2.05, 4.69) is 11.9 Å². The molecule has 3 aromatic rings. The minimum atomic E-state index is -0.260. The summed E-state index contributed by atoms with van der Waals surface area (Å²) in [5.74, 6) is -0.260. The molecule has 1 heterocycles. The van der Waals surface area contributed by atoms with Crippen LogP contribution >= 0.6 is 0 Å². The third-order valence-electron chi connectivity index (χ3n) is 3.90. The number of carbonyl (C=O) groups excluding carboxylic acids is 1. The molecule has 3 heteroatoms. The number of para-hydroxylation sites is 1. The fourth-order valence-electron chi connectivity index (χ4n) is 2.57. The van der Waals surface area contributed by atoms with Crippen molar-refractivity contribution in [3.8, 4) is 6.07 Å². The van der Waals surface area contributed by atoms with Gasteiger partial charge in [0, 0.05) is 22.7 Å². The van der Waals surface area contributed by atoms with E-state index in [1.54, 1.807) is 12.3 Å². The normalized spacial score (nSPS) is 11.4. The third-order valence-corrected chi connectivity index (χ3v) is 3.90. The van der Waals surface area contributed by atoms with Crippen LogP contribution in [0.3, 0.4) is 0 Å². The molecule has 2 aromatic carbocycles. The molecule has 0 amide bonds. The van der Waals surface area contributed by atoms with E-state index in [4.69, 9.17) is 0 Å². The number of aromatic nitrogens is 1. The molecule has 0 radical (unpaired) electrons. The van der Waals surface area contributed by atoms with Gasteiger partial charge in [0.25, 0.3) is 0 Å². The summed E-state index contributed by atoms with van der Waals surface area (Å²) >= 11 is 0. The Kier molecular flexibility index (Phi) is 4.07.